The van der Waals surface area contributed by atoms with Gasteiger partial charge in [-0.3, -0.25) is 4.31 Å². The first-order valence-electron chi connectivity index (χ1n) is 6.87. The summed E-state index contributed by atoms with van der Waals surface area (Å²) in [6.45, 7) is 4.52. The number of sulfonamides is 1. The van der Waals surface area contributed by atoms with E-state index in [2.05, 4.69) is 0 Å². The largest absolute Gasteiger partial charge is 0.326 e. The number of anilines is 1. The third-order valence-corrected chi connectivity index (χ3v) is 5.22. The minimum atomic E-state index is -3.54. The first-order valence-corrected chi connectivity index (χ1v) is 8.31. The lowest BCUT2D eigenvalue weighted by Gasteiger charge is -2.23. The van der Waals surface area contributed by atoms with Gasteiger partial charge < -0.3 is 5.73 Å². The van der Waals surface area contributed by atoms with Crippen molar-refractivity contribution < 1.29 is 8.42 Å². The van der Waals surface area contributed by atoms with Crippen LogP contribution >= 0.6 is 0 Å². The van der Waals surface area contributed by atoms with Gasteiger partial charge in [0.25, 0.3) is 10.0 Å². The fourth-order valence-corrected chi connectivity index (χ4v) is 3.77. The van der Waals surface area contributed by atoms with Gasteiger partial charge in [0.15, 0.2) is 0 Å². The van der Waals surface area contributed by atoms with Gasteiger partial charge in [0.2, 0.25) is 0 Å². The van der Waals surface area contributed by atoms with Crippen LogP contribution < -0.4 is 10.0 Å². The molecule has 0 unspecified atom stereocenters. The van der Waals surface area contributed by atoms with Gasteiger partial charge in [0.1, 0.15) is 0 Å². The summed E-state index contributed by atoms with van der Waals surface area (Å²) in [7, 11) is -3.54. The molecule has 0 atom stereocenters. The Hall–Kier alpha value is -1.85. The second-order valence-electron chi connectivity index (χ2n) is 4.86. The zero-order valence-electron chi connectivity index (χ0n) is 12.3. The highest BCUT2D eigenvalue weighted by Crippen LogP contribution is 2.24. The van der Waals surface area contributed by atoms with Crippen LogP contribution in [0.1, 0.15) is 18.1 Å². The van der Waals surface area contributed by atoms with Crippen molar-refractivity contribution in [3.8, 4) is 0 Å². The third-order valence-electron chi connectivity index (χ3n) is 3.32. The van der Waals surface area contributed by atoms with E-state index in [4.69, 9.17) is 5.73 Å². The molecule has 112 valence electrons. The molecule has 2 rings (SSSR count). The van der Waals surface area contributed by atoms with Crippen molar-refractivity contribution in [2.24, 2.45) is 5.73 Å². The highest BCUT2D eigenvalue weighted by molar-refractivity contribution is 7.92. The number of hydrogen-bond donors (Lipinski definition) is 1. The number of nitrogens with two attached hydrogens (primary N) is 1. The van der Waals surface area contributed by atoms with Crippen molar-refractivity contribution in [1.82, 2.24) is 0 Å². The Morgan fingerprint density at radius 1 is 1.10 bits per heavy atom. The molecule has 0 aliphatic heterocycles. The summed E-state index contributed by atoms with van der Waals surface area (Å²) in [5.74, 6) is 0. The van der Waals surface area contributed by atoms with Gasteiger partial charge in [-0.2, -0.15) is 0 Å². The molecule has 0 heterocycles. The van der Waals surface area contributed by atoms with Crippen LogP contribution in [-0.4, -0.2) is 15.0 Å². The first kappa shape index (κ1) is 15.5. The molecule has 0 amide bonds. The minimum absolute atomic E-state index is 0.312. The Labute approximate surface area is 126 Å². The van der Waals surface area contributed by atoms with E-state index in [1.54, 1.807) is 30.3 Å². The van der Waals surface area contributed by atoms with Gasteiger partial charge in [-0.25, -0.2) is 8.42 Å². The lowest BCUT2D eigenvalue weighted by molar-refractivity contribution is 0.592. The maximum absolute atomic E-state index is 12.8. The highest BCUT2D eigenvalue weighted by atomic mass is 32.2. The van der Waals surface area contributed by atoms with E-state index in [1.807, 2.05) is 32.0 Å². The molecular formula is C16H20N2O2S. The predicted molar refractivity (Wildman–Crippen MR) is 85.7 cm³/mol. The molecule has 0 aliphatic carbocycles. The highest BCUT2D eigenvalue weighted by Gasteiger charge is 2.23. The van der Waals surface area contributed by atoms with Gasteiger partial charge in [-0.15, -0.1) is 0 Å². The summed E-state index contributed by atoms with van der Waals surface area (Å²) in [6.07, 6.45) is 0. The Kier molecular flexibility index (Phi) is 4.65. The van der Waals surface area contributed by atoms with E-state index in [9.17, 15) is 8.42 Å². The Morgan fingerprint density at radius 3 is 2.29 bits per heavy atom. The number of benzene rings is 2. The summed E-state index contributed by atoms with van der Waals surface area (Å²) in [4.78, 5) is 0.312. The topological polar surface area (TPSA) is 63.4 Å². The van der Waals surface area contributed by atoms with E-state index in [0.717, 1.165) is 11.1 Å². The third kappa shape index (κ3) is 3.25. The Morgan fingerprint density at radius 2 is 1.76 bits per heavy atom. The van der Waals surface area contributed by atoms with Gasteiger partial charge in [-0.1, -0.05) is 24.3 Å². The van der Waals surface area contributed by atoms with Crippen molar-refractivity contribution in [1.29, 1.82) is 0 Å². The summed E-state index contributed by atoms with van der Waals surface area (Å²) >= 11 is 0. The molecule has 21 heavy (non-hydrogen) atoms. The van der Waals surface area contributed by atoms with Crippen LogP contribution in [0.25, 0.3) is 0 Å². The quantitative estimate of drug-likeness (QED) is 0.923. The lowest BCUT2D eigenvalue weighted by Crippen LogP contribution is -2.30. The van der Waals surface area contributed by atoms with Crippen LogP contribution in [0.4, 0.5) is 5.69 Å². The maximum atomic E-state index is 12.8. The average molecular weight is 304 g/mol. The zero-order valence-corrected chi connectivity index (χ0v) is 13.1. The molecule has 2 aromatic rings. The van der Waals surface area contributed by atoms with Crippen LogP contribution in [0.15, 0.2) is 53.4 Å². The van der Waals surface area contributed by atoms with Gasteiger partial charge in [0.05, 0.1) is 10.6 Å². The average Bonchev–Trinajstić information content (AvgIpc) is 2.48. The molecule has 4 nitrogen and oxygen atoms in total. The van der Waals surface area contributed by atoms with Crippen molar-refractivity contribution in [2.75, 3.05) is 10.8 Å². The SMILES string of the molecule is CCN(c1ccc(CN)cc1)S(=O)(=O)c1cccc(C)c1. The van der Waals surface area contributed by atoms with Crippen LogP contribution in [0.3, 0.4) is 0 Å². The summed E-state index contributed by atoms with van der Waals surface area (Å²) in [5, 5.41) is 0. The van der Waals surface area contributed by atoms with Crippen LogP contribution in [-0.2, 0) is 16.6 Å². The maximum Gasteiger partial charge on any atom is 0.264 e. The summed E-state index contributed by atoms with van der Waals surface area (Å²) in [5.41, 5.74) is 8.12. The number of rotatable bonds is 5. The molecule has 2 aromatic carbocycles. The van der Waals surface area contributed by atoms with E-state index in [-0.39, 0.29) is 0 Å². The molecule has 0 saturated heterocycles. The van der Waals surface area contributed by atoms with Gasteiger partial charge in [-0.05, 0) is 49.2 Å². The predicted octanol–water partition coefficient (Wildman–Crippen LogP) is 2.67. The minimum Gasteiger partial charge on any atom is -0.326 e. The first-order chi connectivity index (χ1) is 9.98. The van der Waals surface area contributed by atoms with Crippen molar-refractivity contribution in [2.45, 2.75) is 25.3 Å². The molecule has 0 bridgehead atoms. The molecule has 0 aliphatic rings. The van der Waals surface area contributed by atoms with Crippen LogP contribution in [0.2, 0.25) is 0 Å². The van der Waals surface area contributed by atoms with E-state index < -0.39 is 10.0 Å². The molecule has 0 spiro atoms. The lowest BCUT2D eigenvalue weighted by atomic mass is 10.2. The Balaban J connectivity index is 2.43. The second-order valence-corrected chi connectivity index (χ2v) is 6.72. The number of aryl methyl sites for hydroxylation is 1. The molecule has 0 aromatic heterocycles. The monoisotopic (exact) mass is 304 g/mol. The van der Waals surface area contributed by atoms with Crippen LogP contribution in [0.5, 0.6) is 0 Å². The van der Waals surface area contributed by atoms with Gasteiger partial charge in [0, 0.05) is 13.1 Å². The normalized spacial score (nSPS) is 11.4. The Bertz CT molecular complexity index is 709. The fraction of sp³-hybridized carbons (Fsp3) is 0.250. The van der Waals surface area contributed by atoms with Gasteiger partial charge >= 0.3 is 0 Å². The van der Waals surface area contributed by atoms with Crippen molar-refractivity contribution in [3.05, 3.63) is 59.7 Å². The second kappa shape index (κ2) is 6.28. The number of hydrogen-bond acceptors (Lipinski definition) is 3. The molecule has 0 radical (unpaired) electrons. The number of nitrogens with zero attached hydrogens (tertiary/aromatic N) is 1. The van der Waals surface area contributed by atoms with Crippen molar-refractivity contribution in [3.63, 3.8) is 0 Å². The summed E-state index contributed by atoms with van der Waals surface area (Å²) in [6, 6.07) is 14.2. The standard InChI is InChI=1S/C16H20N2O2S/c1-3-18(15-9-7-14(12-17)8-10-15)21(19,20)16-6-4-5-13(2)11-16/h4-11H,3,12,17H2,1-2H3. The molecule has 5 heteroatoms. The van der Waals surface area contributed by atoms with E-state index in [0.29, 0.717) is 23.7 Å². The molecule has 0 saturated carbocycles. The van der Waals surface area contributed by atoms with Crippen LogP contribution in [0, 0.1) is 6.92 Å². The van der Waals surface area contributed by atoms with E-state index in [1.165, 1.54) is 4.31 Å². The molecule has 0 fully saturated rings. The van der Waals surface area contributed by atoms with Crippen molar-refractivity contribution >= 4 is 15.7 Å². The summed E-state index contributed by atoms with van der Waals surface area (Å²) < 4.78 is 26.9. The fourth-order valence-electron chi connectivity index (χ4n) is 2.19. The zero-order chi connectivity index (χ0) is 15.5. The molecule has 2 N–H and O–H groups in total. The van der Waals surface area contributed by atoms with E-state index >= 15 is 0 Å². The molecular weight excluding hydrogens is 284 g/mol. The smallest absolute Gasteiger partial charge is 0.264 e.